The second kappa shape index (κ2) is 11.5. The van der Waals surface area contributed by atoms with Crippen LogP contribution in [-0.4, -0.2) is 24.9 Å². The Kier molecular flexibility index (Phi) is 9.23. The van der Waals surface area contributed by atoms with Crippen LogP contribution in [0.15, 0.2) is 24.3 Å². The van der Waals surface area contributed by atoms with Crippen molar-refractivity contribution in [3.8, 4) is 5.75 Å². The average Bonchev–Trinajstić information content (AvgIpc) is 2.63. The number of esters is 1. The Morgan fingerprint density at radius 3 is 2.48 bits per heavy atom. The van der Waals surface area contributed by atoms with Crippen molar-refractivity contribution < 1.29 is 14.3 Å². The standard InChI is InChI=1S/C21H32O3S/c1-2-4-17-5-7-18(8-6-17)19-9-11-20(12-10-19)23-14-3-15-24-21(22)13-16-25/h9-12,17-18,25H,2-8,13-16H2,1H3. The highest BCUT2D eigenvalue weighted by Crippen LogP contribution is 2.37. The van der Waals surface area contributed by atoms with E-state index in [0.29, 0.717) is 37.7 Å². The van der Waals surface area contributed by atoms with Gasteiger partial charge in [0, 0.05) is 12.2 Å². The van der Waals surface area contributed by atoms with Crippen LogP contribution in [0, 0.1) is 5.92 Å². The van der Waals surface area contributed by atoms with E-state index in [4.69, 9.17) is 9.47 Å². The second-order valence-electron chi connectivity index (χ2n) is 6.97. The van der Waals surface area contributed by atoms with Gasteiger partial charge in [-0.25, -0.2) is 0 Å². The molecule has 1 aliphatic carbocycles. The van der Waals surface area contributed by atoms with Gasteiger partial charge in [-0.15, -0.1) is 0 Å². The summed E-state index contributed by atoms with van der Waals surface area (Å²) in [5, 5.41) is 0. The van der Waals surface area contributed by atoms with Crippen molar-refractivity contribution in [2.75, 3.05) is 19.0 Å². The number of thiol groups is 1. The number of benzene rings is 1. The lowest BCUT2D eigenvalue weighted by molar-refractivity contribution is -0.143. The van der Waals surface area contributed by atoms with E-state index in [0.717, 1.165) is 11.7 Å². The molecule has 1 aromatic carbocycles. The maximum atomic E-state index is 11.2. The third-order valence-electron chi connectivity index (χ3n) is 5.03. The van der Waals surface area contributed by atoms with E-state index in [2.05, 4.69) is 43.8 Å². The predicted molar refractivity (Wildman–Crippen MR) is 106 cm³/mol. The molecule has 140 valence electrons. The molecule has 1 fully saturated rings. The quantitative estimate of drug-likeness (QED) is 0.343. The van der Waals surface area contributed by atoms with Crippen LogP contribution in [0.1, 0.15) is 69.8 Å². The molecule has 25 heavy (non-hydrogen) atoms. The molecule has 2 rings (SSSR count). The first-order valence-corrected chi connectivity index (χ1v) is 10.4. The van der Waals surface area contributed by atoms with Crippen molar-refractivity contribution in [3.63, 3.8) is 0 Å². The van der Waals surface area contributed by atoms with Gasteiger partial charge in [0.1, 0.15) is 5.75 Å². The Labute approximate surface area is 157 Å². The van der Waals surface area contributed by atoms with Crippen LogP contribution in [0.3, 0.4) is 0 Å². The van der Waals surface area contributed by atoms with Gasteiger partial charge in [0.05, 0.1) is 19.6 Å². The molecule has 0 atom stereocenters. The summed E-state index contributed by atoms with van der Waals surface area (Å²) in [7, 11) is 0. The van der Waals surface area contributed by atoms with Crippen molar-refractivity contribution in [2.45, 2.75) is 64.2 Å². The molecule has 0 N–H and O–H groups in total. The molecule has 3 nitrogen and oxygen atoms in total. The Bertz CT molecular complexity index is 492. The zero-order valence-corrected chi connectivity index (χ0v) is 16.3. The van der Waals surface area contributed by atoms with Crippen LogP contribution < -0.4 is 4.74 Å². The summed E-state index contributed by atoms with van der Waals surface area (Å²) in [4.78, 5) is 11.2. The maximum Gasteiger partial charge on any atom is 0.306 e. The number of rotatable bonds is 10. The summed E-state index contributed by atoms with van der Waals surface area (Å²) in [6, 6.07) is 8.57. The smallest absolute Gasteiger partial charge is 0.306 e. The van der Waals surface area contributed by atoms with E-state index in [1.165, 1.54) is 44.1 Å². The van der Waals surface area contributed by atoms with Crippen molar-refractivity contribution >= 4 is 18.6 Å². The fourth-order valence-electron chi connectivity index (χ4n) is 3.63. The van der Waals surface area contributed by atoms with Crippen LogP contribution in [0.5, 0.6) is 5.75 Å². The van der Waals surface area contributed by atoms with Crippen molar-refractivity contribution in [3.05, 3.63) is 29.8 Å². The van der Waals surface area contributed by atoms with Crippen LogP contribution in [0.4, 0.5) is 0 Å². The molecular formula is C21H32O3S. The fourth-order valence-corrected chi connectivity index (χ4v) is 3.81. The number of hydrogen-bond donors (Lipinski definition) is 1. The van der Waals surface area contributed by atoms with Crippen LogP contribution in [0.25, 0.3) is 0 Å². The molecule has 1 aliphatic rings. The molecule has 4 heteroatoms. The molecule has 0 unspecified atom stereocenters. The lowest BCUT2D eigenvalue weighted by Gasteiger charge is -2.28. The highest BCUT2D eigenvalue weighted by molar-refractivity contribution is 7.80. The molecule has 0 heterocycles. The van der Waals surface area contributed by atoms with Gasteiger partial charge in [0.15, 0.2) is 0 Å². The minimum Gasteiger partial charge on any atom is -0.493 e. The highest BCUT2D eigenvalue weighted by atomic mass is 32.1. The summed E-state index contributed by atoms with van der Waals surface area (Å²) in [6.45, 7) is 3.26. The van der Waals surface area contributed by atoms with E-state index < -0.39 is 0 Å². The van der Waals surface area contributed by atoms with Gasteiger partial charge in [0.2, 0.25) is 0 Å². The predicted octanol–water partition coefficient (Wildman–Crippen LogP) is 5.39. The lowest BCUT2D eigenvalue weighted by atomic mass is 9.77. The Balaban J connectivity index is 1.65. The first-order chi connectivity index (χ1) is 12.2. The molecule has 1 saturated carbocycles. The maximum absolute atomic E-state index is 11.2. The van der Waals surface area contributed by atoms with Gasteiger partial charge >= 0.3 is 5.97 Å². The lowest BCUT2D eigenvalue weighted by Crippen LogP contribution is -2.13. The SMILES string of the molecule is CCCC1CCC(c2ccc(OCCCOC(=O)CCS)cc2)CC1. The first kappa shape index (κ1) is 20.2. The van der Waals surface area contributed by atoms with Crippen LogP contribution in [-0.2, 0) is 9.53 Å². The molecule has 1 aromatic rings. The van der Waals surface area contributed by atoms with E-state index in [1.807, 2.05) is 0 Å². The summed E-state index contributed by atoms with van der Waals surface area (Å²) >= 11 is 4.01. The summed E-state index contributed by atoms with van der Waals surface area (Å²) in [6.07, 6.45) is 9.18. The van der Waals surface area contributed by atoms with Gasteiger partial charge in [-0.05, 0) is 55.2 Å². The monoisotopic (exact) mass is 364 g/mol. The van der Waals surface area contributed by atoms with Gasteiger partial charge in [-0.1, -0.05) is 31.9 Å². The van der Waals surface area contributed by atoms with Gasteiger partial charge in [0.25, 0.3) is 0 Å². The Morgan fingerprint density at radius 2 is 1.84 bits per heavy atom. The van der Waals surface area contributed by atoms with E-state index in [1.54, 1.807) is 0 Å². The normalized spacial score (nSPS) is 20.2. The molecule has 0 aliphatic heterocycles. The van der Waals surface area contributed by atoms with E-state index in [9.17, 15) is 4.79 Å². The van der Waals surface area contributed by atoms with Crippen LogP contribution >= 0.6 is 12.6 Å². The molecule has 0 radical (unpaired) electrons. The highest BCUT2D eigenvalue weighted by Gasteiger charge is 2.21. The molecule has 0 amide bonds. The molecule has 0 bridgehead atoms. The largest absolute Gasteiger partial charge is 0.493 e. The first-order valence-electron chi connectivity index (χ1n) is 9.72. The summed E-state index contributed by atoms with van der Waals surface area (Å²) in [5.74, 6) is 2.90. The topological polar surface area (TPSA) is 35.5 Å². The second-order valence-corrected chi connectivity index (χ2v) is 7.42. The number of carbonyl (C=O) groups is 1. The zero-order valence-electron chi connectivity index (χ0n) is 15.4. The Hall–Kier alpha value is -1.16. The number of carbonyl (C=O) groups excluding carboxylic acids is 1. The van der Waals surface area contributed by atoms with Crippen molar-refractivity contribution in [1.82, 2.24) is 0 Å². The van der Waals surface area contributed by atoms with Gasteiger partial charge < -0.3 is 9.47 Å². The molecule has 0 saturated heterocycles. The minimum absolute atomic E-state index is 0.187. The third-order valence-corrected chi connectivity index (χ3v) is 5.26. The molecule has 0 spiro atoms. The van der Waals surface area contributed by atoms with Crippen LogP contribution in [0.2, 0.25) is 0 Å². The third kappa shape index (κ3) is 7.31. The minimum atomic E-state index is -0.187. The van der Waals surface area contributed by atoms with E-state index >= 15 is 0 Å². The fraction of sp³-hybridized carbons (Fsp3) is 0.667. The zero-order chi connectivity index (χ0) is 17.9. The summed E-state index contributed by atoms with van der Waals surface area (Å²) < 4.78 is 10.8. The Morgan fingerprint density at radius 1 is 1.12 bits per heavy atom. The molecule has 0 aromatic heterocycles. The molecular weight excluding hydrogens is 332 g/mol. The van der Waals surface area contributed by atoms with E-state index in [-0.39, 0.29) is 5.97 Å². The number of hydrogen-bond acceptors (Lipinski definition) is 4. The van der Waals surface area contributed by atoms with Gasteiger partial charge in [-0.3, -0.25) is 4.79 Å². The van der Waals surface area contributed by atoms with Crippen molar-refractivity contribution in [1.29, 1.82) is 0 Å². The van der Waals surface area contributed by atoms with Gasteiger partial charge in [-0.2, -0.15) is 12.6 Å². The van der Waals surface area contributed by atoms with Crippen molar-refractivity contribution in [2.24, 2.45) is 5.92 Å². The summed E-state index contributed by atoms with van der Waals surface area (Å²) in [5.41, 5.74) is 1.45. The number of ether oxygens (including phenoxy) is 2. The average molecular weight is 365 g/mol.